The lowest BCUT2D eigenvalue weighted by atomic mass is 10.1. The third-order valence-electron chi connectivity index (χ3n) is 4.31. The Kier molecular flexibility index (Phi) is 7.88. The minimum absolute atomic E-state index is 0. The first-order valence-corrected chi connectivity index (χ1v) is 10.6. The lowest BCUT2D eigenvalue weighted by Crippen LogP contribution is -2.37. The molecule has 0 unspecified atom stereocenters. The molecule has 0 aliphatic carbocycles. The maximum atomic E-state index is 11.5. The molecule has 0 amide bonds. The van der Waals surface area contributed by atoms with E-state index in [9.17, 15) is 8.42 Å². The average molecular weight is 512 g/mol. The van der Waals surface area contributed by atoms with Crippen molar-refractivity contribution in [2.75, 3.05) is 19.8 Å². The molecule has 0 radical (unpaired) electrons. The van der Waals surface area contributed by atoms with Crippen LogP contribution in [0.5, 0.6) is 0 Å². The number of fused-ring (bicyclic) bond motifs is 1. The van der Waals surface area contributed by atoms with Gasteiger partial charge in [0.2, 0.25) is 0 Å². The molecule has 8 heteroatoms. The number of hydrogen-bond donors (Lipinski definition) is 3. The largest absolute Gasteiger partial charge is 0.357 e. The molecule has 2 aromatic carbocycles. The molecule has 3 N–H and O–H groups in total. The molecule has 0 spiro atoms. The first kappa shape index (κ1) is 22.2. The summed E-state index contributed by atoms with van der Waals surface area (Å²) in [7, 11) is -1.41. The number of hydrogen-bond acceptors (Lipinski definition) is 3. The standard InChI is InChI=1S/C20H24N4O2S.HI/c1-21-20(23-14-17-13-16-5-3-4-6-19(16)24-17)22-12-11-15-7-9-18(10-8-15)27(2,25)26;/h3-10,13,24H,11-12,14H2,1-2H3,(H2,21,22,23);1H. The fourth-order valence-electron chi connectivity index (χ4n) is 2.86. The summed E-state index contributed by atoms with van der Waals surface area (Å²) in [6, 6.07) is 17.3. The van der Waals surface area contributed by atoms with Crippen LogP contribution in [0.15, 0.2) is 64.5 Å². The van der Waals surface area contributed by atoms with Crippen molar-refractivity contribution in [3.63, 3.8) is 0 Å². The Morgan fingerprint density at radius 3 is 2.43 bits per heavy atom. The molecule has 6 nitrogen and oxygen atoms in total. The van der Waals surface area contributed by atoms with E-state index in [0.717, 1.165) is 29.2 Å². The van der Waals surface area contributed by atoms with Crippen LogP contribution >= 0.6 is 24.0 Å². The topological polar surface area (TPSA) is 86.3 Å². The van der Waals surface area contributed by atoms with Gasteiger partial charge >= 0.3 is 0 Å². The number of para-hydroxylation sites is 1. The highest BCUT2D eigenvalue weighted by atomic mass is 127. The second-order valence-corrected chi connectivity index (χ2v) is 8.42. The van der Waals surface area contributed by atoms with Gasteiger partial charge in [-0.05, 0) is 41.6 Å². The maximum Gasteiger partial charge on any atom is 0.191 e. The van der Waals surface area contributed by atoms with E-state index < -0.39 is 9.84 Å². The Hall–Kier alpha value is -2.07. The molecular weight excluding hydrogens is 487 g/mol. The summed E-state index contributed by atoms with van der Waals surface area (Å²) in [6.07, 6.45) is 1.99. The van der Waals surface area contributed by atoms with Crippen LogP contribution in [0.3, 0.4) is 0 Å². The number of H-pyrrole nitrogens is 1. The highest BCUT2D eigenvalue weighted by Gasteiger charge is 2.06. The third kappa shape index (κ3) is 5.96. The number of rotatable bonds is 6. The lowest BCUT2D eigenvalue weighted by molar-refractivity contribution is 0.602. The van der Waals surface area contributed by atoms with Crippen LogP contribution in [-0.4, -0.2) is 39.2 Å². The first-order valence-electron chi connectivity index (χ1n) is 8.76. The smallest absolute Gasteiger partial charge is 0.191 e. The minimum Gasteiger partial charge on any atom is -0.357 e. The summed E-state index contributed by atoms with van der Waals surface area (Å²) < 4.78 is 23.0. The number of sulfone groups is 1. The summed E-state index contributed by atoms with van der Waals surface area (Å²) >= 11 is 0. The molecular formula is C20H25IN4O2S. The fourth-order valence-corrected chi connectivity index (χ4v) is 3.49. The molecule has 28 heavy (non-hydrogen) atoms. The normalized spacial score (nSPS) is 11.9. The predicted molar refractivity (Wildman–Crippen MR) is 125 cm³/mol. The van der Waals surface area contributed by atoms with Crippen LogP contribution in [-0.2, 0) is 22.8 Å². The lowest BCUT2D eigenvalue weighted by Gasteiger charge is -2.11. The molecule has 0 saturated carbocycles. The van der Waals surface area contributed by atoms with Crippen molar-refractivity contribution in [2.45, 2.75) is 17.9 Å². The van der Waals surface area contributed by atoms with Crippen LogP contribution < -0.4 is 10.6 Å². The molecule has 0 aliphatic heterocycles. The number of halogens is 1. The number of guanidine groups is 1. The zero-order valence-corrected chi connectivity index (χ0v) is 19.0. The Bertz CT molecular complexity index is 1010. The predicted octanol–water partition coefficient (Wildman–Crippen LogP) is 3.10. The maximum absolute atomic E-state index is 11.5. The van der Waals surface area contributed by atoms with Crippen molar-refractivity contribution in [2.24, 2.45) is 4.99 Å². The molecule has 0 aliphatic rings. The Labute approximate surface area is 182 Å². The monoisotopic (exact) mass is 512 g/mol. The van der Waals surface area contributed by atoms with E-state index in [1.165, 1.54) is 11.6 Å². The van der Waals surface area contributed by atoms with Crippen molar-refractivity contribution in [1.82, 2.24) is 15.6 Å². The molecule has 3 rings (SSSR count). The SMILES string of the molecule is CN=C(NCCc1ccc(S(C)(=O)=O)cc1)NCc1cc2ccccc2[nH]1.I. The van der Waals surface area contributed by atoms with Crippen LogP contribution in [0.2, 0.25) is 0 Å². The summed E-state index contributed by atoms with van der Waals surface area (Å²) in [6.45, 7) is 1.35. The number of nitrogens with zero attached hydrogens (tertiary/aromatic N) is 1. The quantitative estimate of drug-likeness (QED) is 0.269. The Morgan fingerprint density at radius 2 is 1.79 bits per heavy atom. The molecule has 0 fully saturated rings. The van der Waals surface area contributed by atoms with E-state index in [4.69, 9.17) is 0 Å². The van der Waals surface area contributed by atoms with E-state index in [1.807, 2.05) is 24.3 Å². The van der Waals surface area contributed by atoms with E-state index in [0.29, 0.717) is 18.0 Å². The van der Waals surface area contributed by atoms with E-state index >= 15 is 0 Å². The fraction of sp³-hybridized carbons (Fsp3) is 0.250. The van der Waals surface area contributed by atoms with Gasteiger partial charge in [0.25, 0.3) is 0 Å². The molecule has 0 atom stereocenters. The number of benzene rings is 2. The molecule has 1 heterocycles. The number of aliphatic imine (C=N–C) groups is 1. The third-order valence-corrected chi connectivity index (χ3v) is 5.44. The second kappa shape index (κ2) is 9.92. The van der Waals surface area contributed by atoms with Crippen molar-refractivity contribution in [3.8, 4) is 0 Å². The second-order valence-electron chi connectivity index (χ2n) is 6.40. The van der Waals surface area contributed by atoms with Crippen LogP contribution in [0.25, 0.3) is 10.9 Å². The van der Waals surface area contributed by atoms with Crippen LogP contribution in [0.4, 0.5) is 0 Å². The van der Waals surface area contributed by atoms with Crippen molar-refractivity contribution in [1.29, 1.82) is 0 Å². The summed E-state index contributed by atoms with van der Waals surface area (Å²) in [5.41, 5.74) is 3.28. The molecule has 1 aromatic heterocycles. The zero-order valence-electron chi connectivity index (χ0n) is 15.9. The van der Waals surface area contributed by atoms with Crippen molar-refractivity contribution >= 4 is 50.7 Å². The summed E-state index contributed by atoms with van der Waals surface area (Å²) in [4.78, 5) is 7.96. The van der Waals surface area contributed by atoms with Gasteiger partial charge < -0.3 is 15.6 Å². The van der Waals surface area contributed by atoms with Gasteiger partial charge in [-0.1, -0.05) is 30.3 Å². The molecule has 0 bridgehead atoms. The van der Waals surface area contributed by atoms with Crippen LogP contribution in [0, 0.1) is 0 Å². The van der Waals surface area contributed by atoms with E-state index in [-0.39, 0.29) is 24.0 Å². The van der Waals surface area contributed by atoms with Crippen molar-refractivity contribution < 1.29 is 8.42 Å². The Balaban J connectivity index is 0.00000280. The molecule has 3 aromatic rings. The van der Waals surface area contributed by atoms with Gasteiger partial charge in [0.05, 0.1) is 11.4 Å². The Morgan fingerprint density at radius 1 is 1.07 bits per heavy atom. The highest BCUT2D eigenvalue weighted by Crippen LogP contribution is 2.14. The van der Waals surface area contributed by atoms with Gasteiger partial charge in [-0.2, -0.15) is 0 Å². The molecule has 150 valence electrons. The van der Waals surface area contributed by atoms with Crippen LogP contribution in [0.1, 0.15) is 11.3 Å². The number of aromatic nitrogens is 1. The van der Waals surface area contributed by atoms with Gasteiger partial charge in [0.15, 0.2) is 15.8 Å². The number of aromatic amines is 1. The summed E-state index contributed by atoms with van der Waals surface area (Å²) in [5, 5.41) is 7.75. The zero-order chi connectivity index (χ0) is 19.3. The minimum atomic E-state index is -3.15. The van der Waals surface area contributed by atoms with Gasteiger partial charge in [-0.3, -0.25) is 4.99 Å². The average Bonchev–Trinajstić information content (AvgIpc) is 3.07. The van der Waals surface area contributed by atoms with Gasteiger partial charge in [-0.15, -0.1) is 24.0 Å². The van der Waals surface area contributed by atoms with E-state index in [2.05, 4.69) is 38.8 Å². The molecule has 0 saturated heterocycles. The summed E-state index contributed by atoms with van der Waals surface area (Å²) in [5.74, 6) is 0.724. The van der Waals surface area contributed by atoms with E-state index in [1.54, 1.807) is 19.2 Å². The van der Waals surface area contributed by atoms with Gasteiger partial charge in [0.1, 0.15) is 0 Å². The highest BCUT2D eigenvalue weighted by molar-refractivity contribution is 14.0. The van der Waals surface area contributed by atoms with Gasteiger partial charge in [0, 0.05) is 31.1 Å². The number of nitrogens with one attached hydrogen (secondary N) is 3. The van der Waals surface area contributed by atoms with Gasteiger partial charge in [-0.25, -0.2) is 8.42 Å². The first-order chi connectivity index (χ1) is 13.0. The van der Waals surface area contributed by atoms with Crippen molar-refractivity contribution in [3.05, 3.63) is 65.9 Å².